The van der Waals surface area contributed by atoms with Crippen molar-refractivity contribution < 1.29 is 8.42 Å². The van der Waals surface area contributed by atoms with Crippen LogP contribution in [-0.2, 0) is 22.9 Å². The van der Waals surface area contributed by atoms with E-state index in [-0.39, 0.29) is 10.0 Å². The molecule has 0 fully saturated rings. The van der Waals surface area contributed by atoms with Gasteiger partial charge in [-0.2, -0.15) is 0 Å². The number of hydrogen-bond acceptors (Lipinski definition) is 5. The van der Waals surface area contributed by atoms with Crippen LogP contribution in [0.15, 0.2) is 21.6 Å². The van der Waals surface area contributed by atoms with E-state index in [4.69, 9.17) is 11.6 Å². The average Bonchev–Trinajstić information content (AvgIpc) is 2.82. The second kappa shape index (κ2) is 5.83. The van der Waals surface area contributed by atoms with Gasteiger partial charge < -0.3 is 0 Å². The number of rotatable bonds is 3. The number of nitrogens with zero attached hydrogens (tertiary/aromatic N) is 2. The zero-order chi connectivity index (χ0) is 15.0. The third kappa shape index (κ3) is 3.23. The highest BCUT2D eigenvalue weighted by Gasteiger charge is 2.23. The lowest BCUT2D eigenvalue weighted by Crippen LogP contribution is -2.14. The molecule has 21 heavy (non-hydrogen) atoms. The van der Waals surface area contributed by atoms with Gasteiger partial charge in [0.2, 0.25) is 0 Å². The summed E-state index contributed by atoms with van der Waals surface area (Å²) in [6, 6.07) is 1.42. The molecule has 0 atom stereocenters. The van der Waals surface area contributed by atoms with Gasteiger partial charge in [0, 0.05) is 15.5 Å². The molecular formula is C12H11BrClN3O2S2. The van der Waals surface area contributed by atoms with Gasteiger partial charge >= 0.3 is 0 Å². The largest absolute Gasteiger partial charge is 0.266 e. The van der Waals surface area contributed by atoms with Crippen LogP contribution in [0.2, 0.25) is 5.15 Å². The highest BCUT2D eigenvalue weighted by Crippen LogP contribution is 2.32. The molecule has 5 nitrogen and oxygen atoms in total. The number of sulfonamides is 1. The van der Waals surface area contributed by atoms with E-state index in [0.717, 1.165) is 36.3 Å². The van der Waals surface area contributed by atoms with Crippen molar-refractivity contribution in [1.82, 2.24) is 9.97 Å². The van der Waals surface area contributed by atoms with Gasteiger partial charge in [0.25, 0.3) is 10.0 Å². The topological polar surface area (TPSA) is 72.0 Å². The van der Waals surface area contributed by atoms with Crippen molar-refractivity contribution in [2.75, 3.05) is 4.72 Å². The van der Waals surface area contributed by atoms with Crippen molar-refractivity contribution in [2.24, 2.45) is 0 Å². The summed E-state index contributed by atoms with van der Waals surface area (Å²) in [5.41, 5.74) is 1.00. The first-order valence-corrected chi connectivity index (χ1v) is 9.75. The minimum absolute atomic E-state index is 0.0629. The van der Waals surface area contributed by atoms with E-state index in [1.807, 2.05) is 0 Å². The van der Waals surface area contributed by atoms with Crippen LogP contribution in [0, 0.1) is 0 Å². The minimum Gasteiger partial charge on any atom is -0.255 e. The number of nitrogens with one attached hydrogen (secondary N) is 1. The van der Waals surface area contributed by atoms with E-state index in [9.17, 15) is 8.42 Å². The summed E-state index contributed by atoms with van der Waals surface area (Å²) in [4.78, 5) is 9.30. The number of fused-ring (bicyclic) bond motifs is 1. The summed E-state index contributed by atoms with van der Waals surface area (Å²) < 4.78 is 27.8. The van der Waals surface area contributed by atoms with E-state index in [1.165, 1.54) is 23.6 Å². The quantitative estimate of drug-likeness (QED) is 0.787. The van der Waals surface area contributed by atoms with Crippen molar-refractivity contribution in [2.45, 2.75) is 30.6 Å². The zero-order valence-corrected chi connectivity index (χ0v) is 14.7. The first-order valence-electron chi connectivity index (χ1n) is 6.28. The lowest BCUT2D eigenvalue weighted by atomic mass is 10.0. The first kappa shape index (κ1) is 15.2. The predicted octanol–water partition coefficient (Wildman–Crippen LogP) is 3.63. The van der Waals surface area contributed by atoms with E-state index in [2.05, 4.69) is 30.6 Å². The van der Waals surface area contributed by atoms with Gasteiger partial charge in [-0.05, 0) is 47.7 Å². The molecular weight excluding hydrogens is 398 g/mol. The molecule has 0 unspecified atom stereocenters. The van der Waals surface area contributed by atoms with E-state index in [0.29, 0.717) is 9.60 Å². The Morgan fingerprint density at radius 2 is 2.10 bits per heavy atom. The molecule has 0 saturated carbocycles. The molecule has 9 heteroatoms. The molecule has 0 amide bonds. The normalized spacial score (nSPS) is 14.8. The number of aromatic nitrogens is 2. The molecule has 2 aromatic heterocycles. The number of hydrogen-bond donors (Lipinski definition) is 1. The van der Waals surface area contributed by atoms with Crippen molar-refractivity contribution in [3.63, 3.8) is 0 Å². The Bertz CT molecular complexity index is 768. The molecule has 0 radical (unpaired) electrons. The van der Waals surface area contributed by atoms with Crippen LogP contribution in [0.1, 0.15) is 23.4 Å². The fraction of sp³-hybridized carbons (Fsp3) is 0.333. The lowest BCUT2D eigenvalue weighted by molar-refractivity contribution is 0.600. The van der Waals surface area contributed by atoms with Gasteiger partial charge in [-0.25, -0.2) is 18.4 Å². The first-order chi connectivity index (χ1) is 9.95. The Labute approximate surface area is 140 Å². The van der Waals surface area contributed by atoms with E-state index >= 15 is 0 Å². The number of aryl methyl sites for hydroxylation is 2. The third-order valence-electron chi connectivity index (χ3n) is 3.13. The summed E-state index contributed by atoms with van der Waals surface area (Å²) in [5, 5.41) is 0.324. The van der Waals surface area contributed by atoms with Crippen LogP contribution >= 0.6 is 38.9 Å². The molecule has 0 aliphatic heterocycles. The molecule has 112 valence electrons. The van der Waals surface area contributed by atoms with Gasteiger partial charge in [0.1, 0.15) is 10.0 Å². The van der Waals surface area contributed by atoms with Crippen LogP contribution in [0.5, 0.6) is 0 Å². The number of pyridine rings is 1. The summed E-state index contributed by atoms with van der Waals surface area (Å²) >= 11 is 10.5. The third-order valence-corrected chi connectivity index (χ3v) is 6.53. The Kier molecular flexibility index (Phi) is 4.22. The van der Waals surface area contributed by atoms with Crippen molar-refractivity contribution >= 4 is 54.0 Å². The minimum atomic E-state index is -3.79. The second-order valence-corrected chi connectivity index (χ2v) is 8.65. The second-order valence-electron chi connectivity index (χ2n) is 4.64. The lowest BCUT2D eigenvalue weighted by Gasteiger charge is -2.06. The van der Waals surface area contributed by atoms with Crippen molar-refractivity contribution in [1.29, 1.82) is 0 Å². The summed E-state index contributed by atoms with van der Waals surface area (Å²) in [7, 11) is -3.79. The van der Waals surface area contributed by atoms with Crippen LogP contribution in [0.3, 0.4) is 0 Å². The Balaban J connectivity index is 1.92. The Morgan fingerprint density at radius 3 is 2.86 bits per heavy atom. The summed E-state index contributed by atoms with van der Waals surface area (Å²) in [5.74, 6) is 0. The maximum atomic E-state index is 12.4. The number of thiazole rings is 1. The van der Waals surface area contributed by atoms with E-state index in [1.54, 1.807) is 0 Å². The zero-order valence-electron chi connectivity index (χ0n) is 10.8. The van der Waals surface area contributed by atoms with E-state index < -0.39 is 10.0 Å². The van der Waals surface area contributed by atoms with Gasteiger partial charge in [0.05, 0.1) is 5.69 Å². The van der Waals surface area contributed by atoms with Crippen LogP contribution in [-0.4, -0.2) is 18.4 Å². The molecule has 1 N–H and O–H groups in total. The van der Waals surface area contributed by atoms with Crippen molar-refractivity contribution in [3.8, 4) is 0 Å². The molecule has 0 aromatic carbocycles. The fourth-order valence-corrected chi connectivity index (χ4v) is 5.39. The molecule has 3 rings (SSSR count). The predicted molar refractivity (Wildman–Crippen MR) is 86.5 cm³/mol. The molecule has 0 spiro atoms. The Hall–Kier alpha value is -0.700. The maximum Gasteiger partial charge on any atom is 0.266 e. The molecule has 1 aliphatic rings. The van der Waals surface area contributed by atoms with Crippen LogP contribution in [0.25, 0.3) is 0 Å². The van der Waals surface area contributed by atoms with Crippen LogP contribution < -0.4 is 4.72 Å². The fourth-order valence-electron chi connectivity index (χ4n) is 2.16. The maximum absolute atomic E-state index is 12.4. The molecule has 0 bridgehead atoms. The molecule has 0 saturated heterocycles. The molecule has 2 aromatic rings. The monoisotopic (exact) mass is 407 g/mol. The van der Waals surface area contributed by atoms with Gasteiger partial charge in [0.15, 0.2) is 5.13 Å². The molecule has 1 aliphatic carbocycles. The summed E-state index contributed by atoms with van der Waals surface area (Å²) in [6.45, 7) is 0. The van der Waals surface area contributed by atoms with Gasteiger partial charge in [-0.15, -0.1) is 11.3 Å². The standard InChI is InChI=1S/C12H11BrClN3O2S2/c13-7-5-10(11(14)15-6-7)21(18,19)17-12-16-8-3-1-2-4-9(8)20-12/h5-6H,1-4H2,(H,16,17). The number of anilines is 1. The summed E-state index contributed by atoms with van der Waals surface area (Å²) in [6.07, 6.45) is 5.55. The molecule has 2 heterocycles. The smallest absolute Gasteiger partial charge is 0.255 e. The Morgan fingerprint density at radius 1 is 1.33 bits per heavy atom. The SMILES string of the molecule is O=S(=O)(Nc1nc2c(s1)CCCC2)c1cc(Br)cnc1Cl. The highest BCUT2D eigenvalue weighted by atomic mass is 79.9. The van der Waals surface area contributed by atoms with Crippen molar-refractivity contribution in [3.05, 3.63) is 32.5 Å². The van der Waals surface area contributed by atoms with Crippen LogP contribution in [0.4, 0.5) is 5.13 Å². The highest BCUT2D eigenvalue weighted by molar-refractivity contribution is 9.10. The van der Waals surface area contributed by atoms with Gasteiger partial charge in [-0.1, -0.05) is 11.6 Å². The average molecular weight is 409 g/mol. The number of halogens is 2. The van der Waals surface area contributed by atoms with Gasteiger partial charge in [-0.3, -0.25) is 4.72 Å².